The predicted molar refractivity (Wildman–Crippen MR) is 99.0 cm³/mol. The van der Waals surface area contributed by atoms with Gasteiger partial charge < -0.3 is 10.0 Å². The summed E-state index contributed by atoms with van der Waals surface area (Å²) in [6, 6.07) is 7.98. The number of hydrogen-bond donors (Lipinski definition) is 2. The van der Waals surface area contributed by atoms with Crippen molar-refractivity contribution in [3.63, 3.8) is 0 Å². The highest BCUT2D eigenvalue weighted by molar-refractivity contribution is 9.10. The summed E-state index contributed by atoms with van der Waals surface area (Å²) in [6.07, 6.45) is 1.73. The molecule has 3 rings (SSSR count). The summed E-state index contributed by atoms with van der Waals surface area (Å²) in [4.78, 5) is 7.52. The Hall–Kier alpha value is -1.92. The second-order valence-electron chi connectivity index (χ2n) is 5.27. The lowest BCUT2D eigenvalue weighted by Gasteiger charge is -2.15. The van der Waals surface area contributed by atoms with Crippen LogP contribution in [0.4, 0.5) is 0 Å². The van der Waals surface area contributed by atoms with Crippen LogP contribution in [0.2, 0.25) is 0 Å². The number of nitrogens with zero attached hydrogens (tertiary/aromatic N) is 2. The molecule has 2 N–H and O–H groups in total. The van der Waals surface area contributed by atoms with E-state index in [0.717, 1.165) is 20.6 Å². The van der Waals surface area contributed by atoms with E-state index in [0.29, 0.717) is 29.5 Å². The molecule has 23 heavy (non-hydrogen) atoms. The van der Waals surface area contributed by atoms with Gasteiger partial charge in [0, 0.05) is 21.5 Å². The van der Waals surface area contributed by atoms with E-state index in [-0.39, 0.29) is 5.76 Å². The van der Waals surface area contributed by atoms with Crippen molar-refractivity contribution >= 4 is 38.7 Å². The van der Waals surface area contributed by atoms with Crippen LogP contribution in [0.5, 0.6) is 0 Å². The first kappa shape index (κ1) is 16.0. The number of halogens is 1. The van der Waals surface area contributed by atoms with Crippen LogP contribution in [0, 0.1) is 12.3 Å². The van der Waals surface area contributed by atoms with Crippen LogP contribution in [0.1, 0.15) is 9.88 Å². The largest absolute Gasteiger partial charge is 0.510 e. The van der Waals surface area contributed by atoms with Crippen LogP contribution in [0.3, 0.4) is 0 Å². The van der Waals surface area contributed by atoms with Gasteiger partial charge in [-0.3, -0.25) is 5.41 Å². The Morgan fingerprint density at radius 2 is 2.13 bits per heavy atom. The van der Waals surface area contributed by atoms with Crippen LogP contribution in [0.15, 0.2) is 47.2 Å². The van der Waals surface area contributed by atoms with Gasteiger partial charge in [0.25, 0.3) is 0 Å². The number of thiazole rings is 1. The van der Waals surface area contributed by atoms with Gasteiger partial charge in [-0.05, 0) is 19.1 Å². The number of aromatic nitrogens is 1. The van der Waals surface area contributed by atoms with Crippen molar-refractivity contribution in [3.8, 4) is 11.3 Å². The molecule has 0 unspecified atom stereocenters. The van der Waals surface area contributed by atoms with E-state index in [2.05, 4.69) is 27.5 Å². The molecule has 0 spiro atoms. The van der Waals surface area contributed by atoms with Crippen molar-refractivity contribution in [1.29, 1.82) is 5.41 Å². The molecule has 1 aromatic carbocycles. The van der Waals surface area contributed by atoms with Gasteiger partial charge in [-0.25, -0.2) is 4.98 Å². The van der Waals surface area contributed by atoms with E-state index >= 15 is 0 Å². The maximum Gasteiger partial charge on any atom is 0.135 e. The fourth-order valence-electron chi connectivity index (χ4n) is 2.55. The molecule has 6 heteroatoms. The van der Waals surface area contributed by atoms with Gasteiger partial charge in [0.1, 0.15) is 16.6 Å². The highest BCUT2D eigenvalue weighted by Gasteiger charge is 2.30. The third kappa shape index (κ3) is 2.96. The Labute approximate surface area is 147 Å². The van der Waals surface area contributed by atoms with Crippen LogP contribution >= 0.6 is 27.3 Å². The Morgan fingerprint density at radius 1 is 1.43 bits per heavy atom. The third-order valence-electron chi connectivity index (χ3n) is 3.66. The molecule has 4 nitrogen and oxygen atoms in total. The summed E-state index contributed by atoms with van der Waals surface area (Å²) >= 11 is 4.94. The lowest BCUT2D eigenvalue weighted by atomic mass is 10.1. The van der Waals surface area contributed by atoms with Crippen molar-refractivity contribution < 1.29 is 5.11 Å². The molecule has 0 saturated heterocycles. The number of hydrogen-bond acceptors (Lipinski definition) is 4. The summed E-state index contributed by atoms with van der Waals surface area (Å²) in [7, 11) is 0. The fraction of sp³-hybridized carbons (Fsp3) is 0.176. The Balaban J connectivity index is 1.98. The molecule has 0 saturated carbocycles. The van der Waals surface area contributed by atoms with Gasteiger partial charge in [0.2, 0.25) is 0 Å². The first-order valence-electron chi connectivity index (χ1n) is 7.12. The highest BCUT2D eigenvalue weighted by atomic mass is 79.9. The normalized spacial score (nSPS) is 14.7. The summed E-state index contributed by atoms with van der Waals surface area (Å²) in [6.45, 7) is 6.58. The van der Waals surface area contributed by atoms with E-state index in [1.807, 2.05) is 31.2 Å². The molecule has 0 aliphatic carbocycles. The summed E-state index contributed by atoms with van der Waals surface area (Å²) in [5.74, 6) is 0.506. The lowest BCUT2D eigenvalue weighted by Crippen LogP contribution is -2.26. The lowest BCUT2D eigenvalue weighted by molar-refractivity contribution is 0.362. The number of rotatable bonds is 4. The quantitative estimate of drug-likeness (QED) is 0.749. The minimum absolute atomic E-state index is 0.202. The number of benzene rings is 1. The molecule has 1 aromatic heterocycles. The minimum atomic E-state index is 0.202. The average molecular weight is 390 g/mol. The second-order valence-corrected chi connectivity index (χ2v) is 7.39. The van der Waals surface area contributed by atoms with Gasteiger partial charge in [0.05, 0.1) is 17.8 Å². The van der Waals surface area contributed by atoms with E-state index in [4.69, 9.17) is 5.41 Å². The van der Waals surface area contributed by atoms with Gasteiger partial charge in [-0.2, -0.15) is 0 Å². The molecular formula is C17H16BrN3OS. The second kappa shape index (κ2) is 6.29. The molecule has 1 aliphatic heterocycles. The minimum Gasteiger partial charge on any atom is -0.510 e. The van der Waals surface area contributed by atoms with E-state index < -0.39 is 0 Å². The average Bonchev–Trinajstić information content (AvgIpc) is 3.01. The van der Waals surface area contributed by atoms with E-state index in [1.165, 1.54) is 11.3 Å². The zero-order chi connectivity index (χ0) is 16.6. The number of amidine groups is 1. The zero-order valence-corrected chi connectivity index (χ0v) is 15.0. The SMILES string of the molecule is C=CCN1CC(O)=C(c2nc(-c3ccc(Br)cc3)c(C)s2)C1=N. The van der Waals surface area contributed by atoms with Crippen molar-refractivity contribution in [3.05, 3.63) is 57.0 Å². The highest BCUT2D eigenvalue weighted by Crippen LogP contribution is 2.35. The van der Waals surface area contributed by atoms with Crippen molar-refractivity contribution in [1.82, 2.24) is 9.88 Å². The number of aliphatic hydroxyl groups is 1. The van der Waals surface area contributed by atoms with Crippen LogP contribution in [-0.2, 0) is 0 Å². The molecule has 0 radical (unpaired) electrons. The van der Waals surface area contributed by atoms with Crippen molar-refractivity contribution in [2.24, 2.45) is 0 Å². The Kier molecular flexibility index (Phi) is 4.37. The molecule has 0 atom stereocenters. The van der Waals surface area contributed by atoms with Gasteiger partial charge in [0.15, 0.2) is 0 Å². The first-order valence-corrected chi connectivity index (χ1v) is 8.73. The Bertz CT molecular complexity index is 808. The number of nitrogens with one attached hydrogen (secondary N) is 1. The molecule has 1 aliphatic rings. The van der Waals surface area contributed by atoms with Crippen molar-refractivity contribution in [2.75, 3.05) is 13.1 Å². The van der Waals surface area contributed by atoms with Gasteiger partial charge in [-0.1, -0.05) is 34.1 Å². The van der Waals surface area contributed by atoms with Gasteiger partial charge >= 0.3 is 0 Å². The summed E-state index contributed by atoms with van der Waals surface area (Å²) < 4.78 is 1.02. The maximum atomic E-state index is 10.2. The topological polar surface area (TPSA) is 60.2 Å². The molecule has 2 aromatic rings. The monoisotopic (exact) mass is 389 g/mol. The standard InChI is InChI=1S/C17H16BrN3OS/c1-3-8-21-9-13(22)14(16(21)19)17-20-15(10(2)23-17)11-4-6-12(18)7-5-11/h3-7,19,22H,1,8-9H2,2H3. The summed E-state index contributed by atoms with van der Waals surface area (Å²) in [5.41, 5.74) is 2.46. The predicted octanol–water partition coefficient (Wildman–Crippen LogP) is 4.63. The van der Waals surface area contributed by atoms with Crippen LogP contribution < -0.4 is 0 Å². The molecule has 2 heterocycles. The summed E-state index contributed by atoms with van der Waals surface area (Å²) in [5, 5.41) is 19.2. The maximum absolute atomic E-state index is 10.2. The Morgan fingerprint density at radius 3 is 2.78 bits per heavy atom. The van der Waals surface area contributed by atoms with Crippen molar-refractivity contribution in [2.45, 2.75) is 6.92 Å². The number of aryl methyl sites for hydroxylation is 1. The van der Waals surface area contributed by atoms with Crippen LogP contribution in [0.25, 0.3) is 16.8 Å². The zero-order valence-electron chi connectivity index (χ0n) is 12.6. The first-order chi connectivity index (χ1) is 11.0. The van der Waals surface area contributed by atoms with Gasteiger partial charge in [-0.15, -0.1) is 17.9 Å². The number of aliphatic hydroxyl groups excluding tert-OH is 1. The molecule has 118 valence electrons. The van der Waals surface area contributed by atoms with Crippen LogP contribution in [-0.4, -0.2) is 33.9 Å². The van der Waals surface area contributed by atoms with E-state index in [9.17, 15) is 5.11 Å². The smallest absolute Gasteiger partial charge is 0.135 e. The third-order valence-corrected chi connectivity index (χ3v) is 5.18. The molecule has 0 amide bonds. The molecule has 0 bridgehead atoms. The molecule has 0 fully saturated rings. The fourth-order valence-corrected chi connectivity index (χ4v) is 3.82. The molecular weight excluding hydrogens is 374 g/mol. The van der Waals surface area contributed by atoms with E-state index in [1.54, 1.807) is 11.0 Å².